The van der Waals surface area contributed by atoms with Crippen molar-refractivity contribution < 1.29 is 19.1 Å². The molecular weight excluding hydrogens is 337 g/mol. The molecule has 0 amide bonds. The minimum absolute atomic E-state index is 0.110. The number of ether oxygens (including phenoxy) is 1. The first-order valence-corrected chi connectivity index (χ1v) is 6.51. The van der Waals surface area contributed by atoms with Gasteiger partial charge in [-0.25, -0.2) is 4.79 Å². The molecule has 0 spiro atoms. The molecular formula is C12H9BrClNO4. The predicted octanol–water partition coefficient (Wildman–Crippen LogP) is 3.85. The zero-order chi connectivity index (χ0) is 14.0. The van der Waals surface area contributed by atoms with E-state index in [0.717, 1.165) is 4.47 Å². The number of benzene rings is 1. The lowest BCUT2D eigenvalue weighted by Crippen LogP contribution is -2.01. The highest BCUT2D eigenvalue weighted by atomic mass is 79.9. The van der Waals surface area contributed by atoms with Gasteiger partial charge >= 0.3 is 11.9 Å². The van der Waals surface area contributed by atoms with E-state index < -0.39 is 5.97 Å². The van der Waals surface area contributed by atoms with Crippen LogP contribution in [0.3, 0.4) is 0 Å². The summed E-state index contributed by atoms with van der Waals surface area (Å²) >= 11 is 9.22. The van der Waals surface area contributed by atoms with E-state index in [9.17, 15) is 4.79 Å². The average molecular weight is 347 g/mol. The Labute approximate surface area is 122 Å². The molecule has 0 fully saturated rings. The molecule has 0 saturated carbocycles. The first kappa shape index (κ1) is 13.9. The zero-order valence-corrected chi connectivity index (χ0v) is 12.2. The van der Waals surface area contributed by atoms with Crippen LogP contribution in [0.25, 0.3) is 11.5 Å². The molecule has 1 N–H and O–H groups in total. The Bertz CT molecular complexity index is 606. The third-order valence-electron chi connectivity index (χ3n) is 2.18. The molecule has 1 aromatic heterocycles. The van der Waals surface area contributed by atoms with Gasteiger partial charge in [0.1, 0.15) is 0 Å². The van der Waals surface area contributed by atoms with Crippen molar-refractivity contribution in [2.75, 3.05) is 6.61 Å². The number of carboxylic acid groups (broad SMARTS) is 1. The quantitative estimate of drug-likeness (QED) is 0.910. The number of hydrogen-bond acceptors (Lipinski definition) is 4. The first-order valence-electron chi connectivity index (χ1n) is 5.34. The Morgan fingerprint density at radius 1 is 1.53 bits per heavy atom. The van der Waals surface area contributed by atoms with Gasteiger partial charge in [0.05, 0.1) is 6.61 Å². The highest BCUT2D eigenvalue weighted by Crippen LogP contribution is 2.31. The second-order valence-electron chi connectivity index (χ2n) is 3.55. The van der Waals surface area contributed by atoms with Crippen molar-refractivity contribution >= 4 is 33.5 Å². The van der Waals surface area contributed by atoms with Crippen molar-refractivity contribution in [2.24, 2.45) is 0 Å². The summed E-state index contributed by atoms with van der Waals surface area (Å²) in [5.41, 5.74) is 0.306. The van der Waals surface area contributed by atoms with E-state index >= 15 is 0 Å². The zero-order valence-electron chi connectivity index (χ0n) is 9.81. The molecule has 1 heterocycles. The highest BCUT2D eigenvalue weighted by Gasteiger charge is 2.22. The fraction of sp³-hybridized carbons (Fsp3) is 0.167. The molecule has 7 heteroatoms. The highest BCUT2D eigenvalue weighted by molar-refractivity contribution is 9.10. The number of oxazole rings is 1. The first-order chi connectivity index (χ1) is 9.01. The van der Waals surface area contributed by atoms with Gasteiger partial charge in [-0.1, -0.05) is 27.5 Å². The van der Waals surface area contributed by atoms with Crippen molar-refractivity contribution in [1.82, 2.24) is 4.98 Å². The van der Waals surface area contributed by atoms with Crippen molar-refractivity contribution in [2.45, 2.75) is 6.92 Å². The lowest BCUT2D eigenvalue weighted by molar-refractivity contribution is 0.0683. The number of nitrogens with zero attached hydrogens (tertiary/aromatic N) is 1. The van der Waals surface area contributed by atoms with Crippen molar-refractivity contribution in [3.05, 3.63) is 33.4 Å². The number of aromatic carboxylic acids is 1. The molecule has 0 atom stereocenters. The minimum atomic E-state index is -1.21. The van der Waals surface area contributed by atoms with Crippen LogP contribution >= 0.6 is 27.5 Å². The maximum atomic E-state index is 11.0. The van der Waals surface area contributed by atoms with Gasteiger partial charge in [0, 0.05) is 15.1 Å². The van der Waals surface area contributed by atoms with Crippen LogP contribution in [0.2, 0.25) is 5.02 Å². The van der Waals surface area contributed by atoms with E-state index in [4.69, 9.17) is 25.9 Å². The topological polar surface area (TPSA) is 72.6 Å². The molecule has 0 unspecified atom stereocenters. The maximum Gasteiger partial charge on any atom is 0.362 e. The molecule has 0 radical (unpaired) electrons. The summed E-state index contributed by atoms with van der Waals surface area (Å²) in [6.45, 7) is 2.01. The van der Waals surface area contributed by atoms with Gasteiger partial charge in [-0.15, -0.1) is 0 Å². The molecule has 0 aliphatic heterocycles. The Morgan fingerprint density at radius 2 is 2.26 bits per heavy atom. The number of rotatable bonds is 4. The van der Waals surface area contributed by atoms with Gasteiger partial charge in [-0.3, -0.25) is 0 Å². The molecule has 0 aliphatic rings. The Balaban J connectivity index is 2.50. The van der Waals surface area contributed by atoms with E-state index in [-0.39, 0.29) is 24.1 Å². The van der Waals surface area contributed by atoms with Crippen LogP contribution in [-0.2, 0) is 0 Å². The smallest absolute Gasteiger partial charge is 0.362 e. The van der Waals surface area contributed by atoms with E-state index in [1.165, 1.54) is 0 Å². The van der Waals surface area contributed by atoms with E-state index in [1.54, 1.807) is 25.1 Å². The summed E-state index contributed by atoms with van der Waals surface area (Å²) in [6, 6.07) is 5.05. The number of carboxylic acids is 1. The summed E-state index contributed by atoms with van der Waals surface area (Å²) in [6.07, 6.45) is 0. The second kappa shape index (κ2) is 5.63. The second-order valence-corrected chi connectivity index (χ2v) is 4.90. The van der Waals surface area contributed by atoms with Crippen LogP contribution in [0.5, 0.6) is 5.95 Å². The van der Waals surface area contributed by atoms with Crippen molar-refractivity contribution in [3.63, 3.8) is 0 Å². The summed E-state index contributed by atoms with van der Waals surface area (Å²) < 4.78 is 11.2. The lowest BCUT2D eigenvalue weighted by Gasteiger charge is -1.99. The van der Waals surface area contributed by atoms with Crippen LogP contribution in [0.15, 0.2) is 27.1 Å². The molecule has 2 rings (SSSR count). The minimum Gasteiger partial charge on any atom is -0.476 e. The van der Waals surface area contributed by atoms with Crippen molar-refractivity contribution in [1.29, 1.82) is 0 Å². The molecule has 0 bridgehead atoms. The largest absolute Gasteiger partial charge is 0.476 e. The molecule has 2 aromatic rings. The Morgan fingerprint density at radius 3 is 2.84 bits per heavy atom. The van der Waals surface area contributed by atoms with Gasteiger partial charge in [-0.2, -0.15) is 4.98 Å². The van der Waals surface area contributed by atoms with Gasteiger partial charge in [0.2, 0.25) is 11.6 Å². The fourth-order valence-corrected chi connectivity index (χ4v) is 2.33. The van der Waals surface area contributed by atoms with Crippen LogP contribution < -0.4 is 4.74 Å². The average Bonchev–Trinajstić information content (AvgIpc) is 2.72. The van der Waals surface area contributed by atoms with E-state index in [2.05, 4.69) is 20.9 Å². The van der Waals surface area contributed by atoms with Crippen LogP contribution in [0.1, 0.15) is 17.4 Å². The molecule has 0 saturated heterocycles. The maximum absolute atomic E-state index is 11.0. The van der Waals surface area contributed by atoms with Crippen LogP contribution in [-0.4, -0.2) is 22.7 Å². The predicted molar refractivity (Wildman–Crippen MR) is 72.8 cm³/mol. The van der Waals surface area contributed by atoms with Crippen LogP contribution in [0.4, 0.5) is 0 Å². The molecule has 1 aromatic carbocycles. The van der Waals surface area contributed by atoms with Crippen molar-refractivity contribution in [3.8, 4) is 17.4 Å². The van der Waals surface area contributed by atoms with Gasteiger partial charge in [-0.05, 0) is 25.1 Å². The fourth-order valence-electron chi connectivity index (χ4n) is 1.47. The summed E-state index contributed by atoms with van der Waals surface area (Å²) in [4.78, 5) is 14.9. The van der Waals surface area contributed by atoms with E-state index in [0.29, 0.717) is 10.6 Å². The van der Waals surface area contributed by atoms with E-state index in [1.807, 2.05) is 0 Å². The summed E-state index contributed by atoms with van der Waals surface area (Å²) in [5.74, 6) is -1.18. The SMILES string of the molecule is CCOc1oc(-c2cc(Cl)cc(Br)c2)nc1C(=O)O. The number of aromatic nitrogens is 1. The monoisotopic (exact) mass is 345 g/mol. The number of halogens is 2. The third kappa shape index (κ3) is 3.08. The lowest BCUT2D eigenvalue weighted by atomic mass is 10.2. The molecule has 5 nitrogen and oxygen atoms in total. The number of hydrogen-bond donors (Lipinski definition) is 1. The van der Waals surface area contributed by atoms with Gasteiger partial charge < -0.3 is 14.3 Å². The molecule has 0 aliphatic carbocycles. The standard InChI is InChI=1S/C12H9BrClNO4/c1-2-18-12-9(11(16)17)15-10(19-12)6-3-7(13)5-8(14)4-6/h3-5H,2H2,1H3,(H,16,17). The summed E-state index contributed by atoms with van der Waals surface area (Å²) in [7, 11) is 0. The Kier molecular flexibility index (Phi) is 4.11. The molecule has 19 heavy (non-hydrogen) atoms. The third-order valence-corrected chi connectivity index (χ3v) is 2.86. The van der Waals surface area contributed by atoms with Crippen LogP contribution in [0, 0.1) is 0 Å². The molecule has 100 valence electrons. The van der Waals surface area contributed by atoms with Gasteiger partial charge in [0.15, 0.2) is 0 Å². The Hall–Kier alpha value is -1.53. The normalized spacial score (nSPS) is 10.5. The van der Waals surface area contributed by atoms with Gasteiger partial charge in [0.25, 0.3) is 0 Å². The summed E-state index contributed by atoms with van der Waals surface area (Å²) in [5, 5.41) is 9.51. The number of carbonyl (C=O) groups is 1.